The van der Waals surface area contributed by atoms with Gasteiger partial charge < -0.3 is 14.2 Å². The molecule has 0 aliphatic carbocycles. The first kappa shape index (κ1) is 16.4. The molecule has 0 aromatic carbocycles. The van der Waals surface area contributed by atoms with Gasteiger partial charge in [0, 0.05) is 6.07 Å². The van der Waals surface area contributed by atoms with Gasteiger partial charge in [0.15, 0.2) is 5.75 Å². The van der Waals surface area contributed by atoms with Crippen LogP contribution in [0.25, 0.3) is 0 Å². The third-order valence-electron chi connectivity index (χ3n) is 2.09. The maximum absolute atomic E-state index is 12.2. The van der Waals surface area contributed by atoms with E-state index in [1.165, 1.54) is 0 Å². The summed E-state index contributed by atoms with van der Waals surface area (Å²) < 4.78 is 49.9. The number of esters is 1. The highest BCUT2D eigenvalue weighted by molar-refractivity contribution is 6.17. The van der Waals surface area contributed by atoms with E-state index in [1.54, 1.807) is 6.92 Å². The third kappa shape index (κ3) is 4.16. The van der Waals surface area contributed by atoms with Crippen molar-refractivity contribution in [2.45, 2.75) is 19.2 Å². The molecule has 20 heavy (non-hydrogen) atoms. The number of carbonyl (C=O) groups excluding carboxylic acids is 1. The summed E-state index contributed by atoms with van der Waals surface area (Å²) >= 11 is 5.57. The minimum atomic E-state index is -4.94. The molecule has 0 atom stereocenters. The standard InChI is InChI=1S/C11H11ClF3NO4/c1-3-19-10(17)6-4-8(18-2)9(16-7(6)5-12)20-11(13,14)15/h4H,3,5H2,1-2H3. The summed E-state index contributed by atoms with van der Waals surface area (Å²) in [7, 11) is 1.12. The molecule has 5 nitrogen and oxygen atoms in total. The Labute approximate surface area is 117 Å². The first-order valence-electron chi connectivity index (χ1n) is 5.39. The molecule has 0 radical (unpaired) electrons. The molecule has 0 saturated heterocycles. The number of methoxy groups -OCH3 is 1. The monoisotopic (exact) mass is 313 g/mol. The minimum absolute atomic E-state index is 0.0757. The normalized spacial score (nSPS) is 11.1. The third-order valence-corrected chi connectivity index (χ3v) is 2.34. The van der Waals surface area contributed by atoms with E-state index in [1.807, 2.05) is 0 Å². The van der Waals surface area contributed by atoms with Crippen molar-refractivity contribution in [3.8, 4) is 11.6 Å². The van der Waals surface area contributed by atoms with Crippen LogP contribution in [0.15, 0.2) is 6.07 Å². The van der Waals surface area contributed by atoms with Crippen LogP contribution in [0.2, 0.25) is 0 Å². The van der Waals surface area contributed by atoms with Crippen molar-refractivity contribution < 1.29 is 32.2 Å². The topological polar surface area (TPSA) is 57.7 Å². The molecule has 1 heterocycles. The van der Waals surface area contributed by atoms with Gasteiger partial charge in [0.2, 0.25) is 0 Å². The van der Waals surface area contributed by atoms with Crippen molar-refractivity contribution >= 4 is 17.6 Å². The average molecular weight is 314 g/mol. The van der Waals surface area contributed by atoms with E-state index in [9.17, 15) is 18.0 Å². The van der Waals surface area contributed by atoms with E-state index in [0.29, 0.717) is 0 Å². The Bertz CT molecular complexity index is 493. The molecule has 0 fully saturated rings. The van der Waals surface area contributed by atoms with E-state index >= 15 is 0 Å². The molecule has 1 aromatic heterocycles. The fourth-order valence-electron chi connectivity index (χ4n) is 1.33. The van der Waals surface area contributed by atoms with Gasteiger partial charge in [-0.05, 0) is 6.92 Å². The number of pyridine rings is 1. The van der Waals surface area contributed by atoms with Crippen LogP contribution in [0.5, 0.6) is 11.6 Å². The Hall–Kier alpha value is -1.70. The quantitative estimate of drug-likeness (QED) is 0.618. The first-order valence-corrected chi connectivity index (χ1v) is 5.92. The highest BCUT2D eigenvalue weighted by Crippen LogP contribution is 2.32. The summed E-state index contributed by atoms with van der Waals surface area (Å²) in [6.07, 6.45) is -4.94. The van der Waals surface area contributed by atoms with Crippen LogP contribution in [0.1, 0.15) is 23.0 Å². The second-order valence-electron chi connectivity index (χ2n) is 3.39. The number of rotatable bonds is 5. The number of halogens is 4. The summed E-state index contributed by atoms with van der Waals surface area (Å²) in [6.45, 7) is 1.69. The van der Waals surface area contributed by atoms with Gasteiger partial charge in [0.05, 0.1) is 30.9 Å². The predicted octanol–water partition coefficient (Wildman–Crippen LogP) is 2.90. The maximum Gasteiger partial charge on any atom is 0.574 e. The van der Waals surface area contributed by atoms with Crippen molar-refractivity contribution in [3.63, 3.8) is 0 Å². The molecule has 0 amide bonds. The van der Waals surface area contributed by atoms with Gasteiger partial charge in [0.1, 0.15) is 0 Å². The zero-order valence-electron chi connectivity index (χ0n) is 10.6. The average Bonchev–Trinajstić information content (AvgIpc) is 2.36. The summed E-state index contributed by atoms with van der Waals surface area (Å²) in [5.41, 5.74) is -0.168. The molecule has 0 aliphatic rings. The van der Waals surface area contributed by atoms with Gasteiger partial charge in [-0.25, -0.2) is 9.78 Å². The van der Waals surface area contributed by atoms with Crippen LogP contribution in [0.3, 0.4) is 0 Å². The van der Waals surface area contributed by atoms with Gasteiger partial charge in [-0.3, -0.25) is 0 Å². The largest absolute Gasteiger partial charge is 0.574 e. The van der Waals surface area contributed by atoms with Crippen LogP contribution in [-0.4, -0.2) is 31.0 Å². The number of carbonyl (C=O) groups is 1. The Morgan fingerprint density at radius 1 is 1.45 bits per heavy atom. The first-order chi connectivity index (χ1) is 9.32. The number of hydrogen-bond acceptors (Lipinski definition) is 5. The highest BCUT2D eigenvalue weighted by atomic mass is 35.5. The molecular weight excluding hydrogens is 303 g/mol. The lowest BCUT2D eigenvalue weighted by atomic mass is 10.2. The smallest absolute Gasteiger partial charge is 0.491 e. The molecule has 0 spiro atoms. The number of hydrogen-bond donors (Lipinski definition) is 0. The van der Waals surface area contributed by atoms with Crippen LogP contribution in [0, 0.1) is 0 Å². The Morgan fingerprint density at radius 2 is 2.10 bits per heavy atom. The van der Waals surface area contributed by atoms with Crippen molar-refractivity contribution in [3.05, 3.63) is 17.3 Å². The number of nitrogens with zero attached hydrogens (tertiary/aromatic N) is 1. The molecule has 9 heteroatoms. The summed E-state index contributed by atoms with van der Waals surface area (Å²) in [5, 5.41) is 0. The maximum atomic E-state index is 12.2. The van der Waals surface area contributed by atoms with Crippen molar-refractivity contribution in [2.75, 3.05) is 13.7 Å². The van der Waals surface area contributed by atoms with Gasteiger partial charge >= 0.3 is 12.3 Å². The Balaban J connectivity index is 3.26. The van der Waals surface area contributed by atoms with Gasteiger partial charge in [-0.15, -0.1) is 24.8 Å². The molecule has 0 N–H and O–H groups in total. The van der Waals surface area contributed by atoms with E-state index < -0.39 is 18.2 Å². The zero-order chi connectivity index (χ0) is 15.3. The van der Waals surface area contributed by atoms with Gasteiger partial charge in [-0.2, -0.15) is 0 Å². The molecule has 1 rings (SSSR count). The number of alkyl halides is 4. The minimum Gasteiger partial charge on any atom is -0.491 e. The van der Waals surface area contributed by atoms with Crippen molar-refractivity contribution in [2.24, 2.45) is 0 Å². The van der Waals surface area contributed by atoms with E-state index in [4.69, 9.17) is 21.1 Å². The van der Waals surface area contributed by atoms with Crippen molar-refractivity contribution in [1.82, 2.24) is 4.98 Å². The second kappa shape index (κ2) is 6.65. The lowest BCUT2D eigenvalue weighted by Crippen LogP contribution is -2.19. The van der Waals surface area contributed by atoms with Crippen LogP contribution in [-0.2, 0) is 10.6 Å². The van der Waals surface area contributed by atoms with Crippen molar-refractivity contribution in [1.29, 1.82) is 0 Å². The summed E-state index contributed by atoms with van der Waals surface area (Å²) in [4.78, 5) is 15.2. The highest BCUT2D eigenvalue weighted by Gasteiger charge is 2.34. The summed E-state index contributed by atoms with van der Waals surface area (Å²) in [5.74, 6) is -2.21. The lowest BCUT2D eigenvalue weighted by Gasteiger charge is -2.14. The van der Waals surface area contributed by atoms with Crippen LogP contribution >= 0.6 is 11.6 Å². The Kier molecular flexibility index (Phi) is 5.43. The fraction of sp³-hybridized carbons (Fsp3) is 0.455. The molecule has 0 unspecified atom stereocenters. The van der Waals surface area contributed by atoms with E-state index in [2.05, 4.69) is 9.72 Å². The van der Waals surface area contributed by atoms with Crippen LogP contribution < -0.4 is 9.47 Å². The van der Waals surface area contributed by atoms with Gasteiger partial charge in [-0.1, -0.05) is 0 Å². The van der Waals surface area contributed by atoms with E-state index in [0.717, 1.165) is 13.2 Å². The molecule has 0 aliphatic heterocycles. The number of ether oxygens (including phenoxy) is 3. The summed E-state index contributed by atoms with van der Waals surface area (Å²) in [6, 6.07) is 1.05. The zero-order valence-corrected chi connectivity index (χ0v) is 11.3. The molecule has 112 valence electrons. The predicted molar refractivity (Wildman–Crippen MR) is 63.0 cm³/mol. The van der Waals surface area contributed by atoms with Gasteiger partial charge in [0.25, 0.3) is 5.88 Å². The van der Waals surface area contributed by atoms with Crippen LogP contribution in [0.4, 0.5) is 13.2 Å². The molecule has 0 bridgehead atoms. The lowest BCUT2D eigenvalue weighted by molar-refractivity contribution is -0.276. The molecular formula is C11H11ClF3NO4. The van der Waals surface area contributed by atoms with E-state index in [-0.39, 0.29) is 29.5 Å². The Morgan fingerprint density at radius 3 is 2.55 bits per heavy atom. The second-order valence-corrected chi connectivity index (χ2v) is 3.66. The SMILES string of the molecule is CCOC(=O)c1cc(OC)c(OC(F)(F)F)nc1CCl. The molecule has 1 aromatic rings. The fourth-order valence-corrected chi connectivity index (χ4v) is 1.53. The number of aromatic nitrogens is 1. The molecule has 0 saturated carbocycles.